The second-order valence-corrected chi connectivity index (χ2v) is 20.2. The number of aromatic nitrogens is 4. The molecule has 8 rings (SSSR count). The summed E-state index contributed by atoms with van der Waals surface area (Å²) in [6.45, 7) is 15.0. The van der Waals surface area contributed by atoms with Crippen molar-refractivity contribution in [3.63, 3.8) is 0 Å². The third kappa shape index (κ3) is 9.32. The molecule has 3 saturated heterocycles. The molecule has 16 heteroatoms. The van der Waals surface area contributed by atoms with Crippen molar-refractivity contribution in [3.8, 4) is 0 Å². The Morgan fingerprint density at radius 1 is 0.716 bits per heavy atom. The van der Waals surface area contributed by atoms with Crippen LogP contribution < -0.4 is 10.2 Å². The number of likely N-dealkylation sites (tertiary alicyclic amines) is 2. The van der Waals surface area contributed by atoms with Crippen LogP contribution in [-0.4, -0.2) is 87.0 Å². The SMILES string of the molecule is COC(=O)C[C@H](C(=O)N1CCC[C@H]1c1nc2cc(F)c([C@H]3CCC(c4cc5[nH]c([C@@H]6CCCN6C(=O)[C@@H](NC(=O)OC)C(C)C)nc5cc4F)N3c3ccc(C(C)(C)C)cc3)cc2[nH]1)C(C)C. The number of nitrogens with zero attached hydrogens (tertiary/aromatic N) is 5. The van der Waals surface area contributed by atoms with Crippen LogP contribution in [0.2, 0.25) is 0 Å². The molecule has 0 bridgehead atoms. The normalized spacial score (nSPS) is 20.9. The van der Waals surface area contributed by atoms with Gasteiger partial charge in [-0.05, 0) is 85.6 Å². The Morgan fingerprint density at radius 2 is 1.22 bits per heavy atom. The molecule has 0 spiro atoms. The van der Waals surface area contributed by atoms with E-state index in [-0.39, 0.29) is 41.5 Å². The van der Waals surface area contributed by atoms with Gasteiger partial charge in [0.05, 0.1) is 72.8 Å². The Hall–Kier alpha value is -6.06. The van der Waals surface area contributed by atoms with Gasteiger partial charge in [-0.15, -0.1) is 0 Å². The van der Waals surface area contributed by atoms with E-state index in [0.29, 0.717) is 83.6 Å². The van der Waals surface area contributed by atoms with Crippen molar-refractivity contribution in [2.24, 2.45) is 17.8 Å². The molecule has 3 fully saturated rings. The maximum atomic E-state index is 16.7. The molecule has 3 amide bonds. The van der Waals surface area contributed by atoms with Crippen molar-refractivity contribution >= 4 is 51.6 Å². The van der Waals surface area contributed by atoms with Crippen LogP contribution in [0, 0.1) is 29.4 Å². The molecule has 5 heterocycles. The molecular formula is C51H64F2N8O6. The van der Waals surface area contributed by atoms with Gasteiger partial charge in [-0.3, -0.25) is 14.4 Å². The Morgan fingerprint density at radius 3 is 1.67 bits per heavy atom. The second kappa shape index (κ2) is 18.9. The highest BCUT2D eigenvalue weighted by molar-refractivity contribution is 5.87. The predicted octanol–water partition coefficient (Wildman–Crippen LogP) is 9.64. The minimum atomic E-state index is -0.794. The van der Waals surface area contributed by atoms with Crippen molar-refractivity contribution in [1.82, 2.24) is 35.1 Å². The molecule has 1 unspecified atom stereocenters. The second-order valence-electron chi connectivity index (χ2n) is 20.2. The molecule has 0 saturated carbocycles. The van der Waals surface area contributed by atoms with Gasteiger partial charge in [-0.1, -0.05) is 60.6 Å². The lowest BCUT2D eigenvalue weighted by atomic mass is 9.87. The van der Waals surface area contributed by atoms with E-state index in [1.165, 1.54) is 26.4 Å². The quantitative estimate of drug-likeness (QED) is 0.103. The summed E-state index contributed by atoms with van der Waals surface area (Å²) >= 11 is 0. The molecule has 5 aromatic rings. The number of methoxy groups -OCH3 is 2. The van der Waals surface area contributed by atoms with Crippen molar-refractivity contribution in [3.05, 3.63) is 88.5 Å². The molecule has 67 heavy (non-hydrogen) atoms. The monoisotopic (exact) mass is 922 g/mol. The average molecular weight is 923 g/mol. The standard InChI is InChI=1S/C51H64F2N8O6/c1-27(2)31(24-44(62)66-8)48(63)59-20-10-12-42(59)46-54-36-22-32(34(52)25-38(36)56-46)40-18-19-41(61(40)30-16-14-29(15-17-30)51(5,6)7)33-23-37-39(26-35(33)53)57-47(55-37)43-13-11-21-60(43)49(64)45(28(3)4)58-50(65)67-9/h14-17,22-23,25-28,31,40-43,45H,10-13,18-21,24H2,1-9H3,(H,54,56)(H,55,57)(H,58,65)/t31-,40+,41?,42-,43-,45-/m0/s1. The van der Waals surface area contributed by atoms with Crippen LogP contribution in [-0.2, 0) is 29.3 Å². The molecule has 14 nitrogen and oxygen atoms in total. The molecule has 6 atom stereocenters. The first-order valence-electron chi connectivity index (χ1n) is 23.7. The molecule has 358 valence electrons. The number of rotatable bonds is 12. The van der Waals surface area contributed by atoms with E-state index in [1.807, 2.05) is 39.8 Å². The number of alkyl carbamates (subject to hydrolysis) is 1. The van der Waals surface area contributed by atoms with Crippen LogP contribution >= 0.6 is 0 Å². The van der Waals surface area contributed by atoms with E-state index in [4.69, 9.17) is 19.4 Å². The van der Waals surface area contributed by atoms with Crippen LogP contribution in [0.25, 0.3) is 22.1 Å². The predicted molar refractivity (Wildman–Crippen MR) is 251 cm³/mol. The molecule has 0 aliphatic carbocycles. The van der Waals surface area contributed by atoms with Crippen LogP contribution in [0.4, 0.5) is 19.3 Å². The van der Waals surface area contributed by atoms with Gasteiger partial charge in [0.25, 0.3) is 0 Å². The van der Waals surface area contributed by atoms with Crippen molar-refractivity contribution in [2.45, 2.75) is 129 Å². The number of carbonyl (C=O) groups excluding carboxylic acids is 4. The number of amides is 3. The number of nitrogens with one attached hydrogen (secondary N) is 3. The first kappa shape index (κ1) is 47.4. The van der Waals surface area contributed by atoms with Gasteiger partial charge in [0.1, 0.15) is 29.3 Å². The van der Waals surface area contributed by atoms with Gasteiger partial charge in [-0.2, -0.15) is 0 Å². The Kier molecular flexibility index (Phi) is 13.4. The van der Waals surface area contributed by atoms with E-state index >= 15 is 8.78 Å². The molecule has 0 radical (unpaired) electrons. The third-order valence-electron chi connectivity index (χ3n) is 14.2. The first-order chi connectivity index (χ1) is 31.9. The molecule has 3 aromatic carbocycles. The maximum Gasteiger partial charge on any atom is 0.407 e. The fourth-order valence-electron chi connectivity index (χ4n) is 10.5. The zero-order chi connectivity index (χ0) is 48.1. The van der Waals surface area contributed by atoms with E-state index < -0.39 is 53.8 Å². The number of H-pyrrole nitrogens is 2. The van der Waals surface area contributed by atoms with E-state index in [9.17, 15) is 19.2 Å². The average Bonchev–Trinajstić information content (AvgIpc) is 4.15. The minimum Gasteiger partial charge on any atom is -0.469 e. The third-order valence-corrected chi connectivity index (χ3v) is 14.2. The fraction of sp³-hybridized carbons (Fsp3) is 0.529. The highest BCUT2D eigenvalue weighted by Crippen LogP contribution is 2.49. The Bertz CT molecular complexity index is 2500. The summed E-state index contributed by atoms with van der Waals surface area (Å²) in [5.41, 5.74) is 4.83. The summed E-state index contributed by atoms with van der Waals surface area (Å²) in [4.78, 5) is 74.4. The number of fused-ring (bicyclic) bond motifs is 2. The summed E-state index contributed by atoms with van der Waals surface area (Å²) in [7, 11) is 2.58. The van der Waals surface area contributed by atoms with E-state index in [1.54, 1.807) is 21.9 Å². The summed E-state index contributed by atoms with van der Waals surface area (Å²) in [6.07, 6.45) is 3.17. The van der Waals surface area contributed by atoms with Crippen LogP contribution in [0.5, 0.6) is 0 Å². The van der Waals surface area contributed by atoms with Crippen molar-refractivity contribution < 1.29 is 37.4 Å². The lowest BCUT2D eigenvalue weighted by Crippen LogP contribution is -2.51. The van der Waals surface area contributed by atoms with Gasteiger partial charge in [0.15, 0.2) is 0 Å². The molecular weight excluding hydrogens is 859 g/mol. The summed E-state index contributed by atoms with van der Waals surface area (Å²) in [5.74, 6) is -1.40. The largest absolute Gasteiger partial charge is 0.469 e. The van der Waals surface area contributed by atoms with Crippen LogP contribution in [0.15, 0.2) is 48.5 Å². The number of anilines is 1. The zero-order valence-electron chi connectivity index (χ0n) is 40.0. The topological polar surface area (TPSA) is 166 Å². The lowest BCUT2D eigenvalue weighted by molar-refractivity contribution is -0.148. The van der Waals surface area contributed by atoms with Crippen LogP contribution in [0.3, 0.4) is 0 Å². The van der Waals surface area contributed by atoms with E-state index in [0.717, 1.165) is 24.1 Å². The fourth-order valence-corrected chi connectivity index (χ4v) is 10.5. The van der Waals surface area contributed by atoms with Crippen molar-refractivity contribution in [1.29, 1.82) is 0 Å². The van der Waals surface area contributed by atoms with Crippen LogP contribution in [0.1, 0.15) is 146 Å². The van der Waals surface area contributed by atoms with Gasteiger partial charge in [-0.25, -0.2) is 23.5 Å². The van der Waals surface area contributed by atoms with Gasteiger partial charge < -0.3 is 39.5 Å². The summed E-state index contributed by atoms with van der Waals surface area (Å²) in [6, 6.07) is 12.2. The summed E-state index contributed by atoms with van der Waals surface area (Å²) < 4.78 is 43.1. The number of esters is 1. The van der Waals surface area contributed by atoms with Gasteiger partial charge >= 0.3 is 12.1 Å². The molecule has 3 aliphatic rings. The number of benzene rings is 3. The highest BCUT2D eigenvalue weighted by atomic mass is 19.1. The smallest absolute Gasteiger partial charge is 0.407 e. The van der Waals surface area contributed by atoms with Gasteiger partial charge in [0.2, 0.25) is 11.8 Å². The van der Waals surface area contributed by atoms with Crippen molar-refractivity contribution in [2.75, 3.05) is 32.2 Å². The first-order valence-corrected chi connectivity index (χ1v) is 23.7. The highest BCUT2D eigenvalue weighted by Gasteiger charge is 2.42. The zero-order valence-corrected chi connectivity index (χ0v) is 40.0. The number of hydrogen-bond acceptors (Lipinski definition) is 9. The Balaban J connectivity index is 1.12. The maximum absolute atomic E-state index is 16.7. The van der Waals surface area contributed by atoms with E-state index in [2.05, 4.69) is 53.1 Å². The molecule has 3 aliphatic heterocycles. The Labute approximate surface area is 390 Å². The molecule has 2 aromatic heterocycles. The van der Waals surface area contributed by atoms with Gasteiger partial charge in [0, 0.05) is 42.0 Å². The number of ether oxygens (including phenoxy) is 2. The minimum absolute atomic E-state index is 0.0112. The lowest BCUT2D eigenvalue weighted by Gasteiger charge is -2.34. The number of hydrogen-bond donors (Lipinski definition) is 3. The number of carbonyl (C=O) groups is 4. The number of imidazole rings is 2. The molecule has 3 N–H and O–H groups in total. The summed E-state index contributed by atoms with van der Waals surface area (Å²) in [5, 5.41) is 2.68. The number of halogens is 2. The number of aromatic amines is 2.